The van der Waals surface area contributed by atoms with Crippen LogP contribution < -0.4 is 5.32 Å². The Morgan fingerprint density at radius 2 is 2.00 bits per heavy atom. The molecule has 1 aromatic heterocycles. The van der Waals surface area contributed by atoms with E-state index in [4.69, 9.17) is 5.11 Å². The molecule has 0 fully saturated rings. The Bertz CT molecular complexity index is 618. The number of aromatic amines is 1. The third-order valence-electron chi connectivity index (χ3n) is 2.87. The average Bonchev–Trinajstić information content (AvgIpc) is 2.78. The summed E-state index contributed by atoms with van der Waals surface area (Å²) in [5, 5.41) is 21.3. The molecular weight excluding hydrogens is 248 g/mol. The van der Waals surface area contributed by atoms with Gasteiger partial charge in [0.1, 0.15) is 0 Å². The molecule has 0 radical (unpaired) electrons. The van der Waals surface area contributed by atoms with Gasteiger partial charge in [-0.15, -0.1) is 0 Å². The molecule has 2 rings (SSSR count). The van der Waals surface area contributed by atoms with Crippen molar-refractivity contribution >= 4 is 22.8 Å². The number of hydrogen-bond donors (Lipinski definition) is 4. The van der Waals surface area contributed by atoms with Crippen LogP contribution in [0.3, 0.4) is 0 Å². The van der Waals surface area contributed by atoms with Gasteiger partial charge in [0.2, 0.25) is 0 Å². The second kappa shape index (κ2) is 5.11. The number of aliphatic hydroxyl groups excluding tert-OH is 1. The maximum Gasteiger partial charge on any atom is 0.328 e. The van der Waals surface area contributed by atoms with Gasteiger partial charge in [-0.05, 0) is 13.0 Å². The molecular formula is C13H14N2O4. The topological polar surface area (TPSA) is 102 Å². The molecule has 0 aliphatic heterocycles. The molecule has 2 unspecified atom stereocenters. The van der Waals surface area contributed by atoms with E-state index in [1.54, 1.807) is 12.1 Å². The van der Waals surface area contributed by atoms with Crippen molar-refractivity contribution in [3.05, 3.63) is 36.0 Å². The molecule has 0 aliphatic rings. The number of amides is 1. The van der Waals surface area contributed by atoms with Crippen LogP contribution in [-0.4, -0.2) is 39.2 Å². The van der Waals surface area contributed by atoms with Gasteiger partial charge in [-0.2, -0.15) is 0 Å². The molecule has 0 bridgehead atoms. The third-order valence-corrected chi connectivity index (χ3v) is 2.87. The Kier molecular flexibility index (Phi) is 3.52. The van der Waals surface area contributed by atoms with Gasteiger partial charge in [0.05, 0.1) is 11.7 Å². The first-order valence-electron chi connectivity index (χ1n) is 5.78. The lowest BCUT2D eigenvalue weighted by Crippen LogP contribution is -2.47. The maximum atomic E-state index is 12.0. The highest BCUT2D eigenvalue weighted by Crippen LogP contribution is 2.17. The Hall–Kier alpha value is -2.34. The molecule has 2 atom stereocenters. The van der Waals surface area contributed by atoms with Crippen LogP contribution >= 0.6 is 0 Å². The Morgan fingerprint density at radius 3 is 2.63 bits per heavy atom. The number of hydrogen-bond acceptors (Lipinski definition) is 3. The molecule has 1 amide bonds. The summed E-state index contributed by atoms with van der Waals surface area (Å²) >= 11 is 0. The van der Waals surface area contributed by atoms with Crippen molar-refractivity contribution in [1.82, 2.24) is 10.3 Å². The van der Waals surface area contributed by atoms with Crippen LogP contribution in [0.2, 0.25) is 0 Å². The lowest BCUT2D eigenvalue weighted by Gasteiger charge is -2.16. The quantitative estimate of drug-likeness (QED) is 0.652. The summed E-state index contributed by atoms with van der Waals surface area (Å²) in [6.45, 7) is 1.31. The largest absolute Gasteiger partial charge is 0.480 e. The van der Waals surface area contributed by atoms with Crippen molar-refractivity contribution in [1.29, 1.82) is 0 Å². The van der Waals surface area contributed by atoms with Gasteiger partial charge in [0, 0.05) is 17.1 Å². The fourth-order valence-electron chi connectivity index (χ4n) is 1.87. The molecule has 0 saturated carbocycles. The number of H-pyrrole nitrogens is 1. The predicted molar refractivity (Wildman–Crippen MR) is 68.9 cm³/mol. The average molecular weight is 262 g/mol. The van der Waals surface area contributed by atoms with Crippen molar-refractivity contribution in [3.8, 4) is 0 Å². The highest BCUT2D eigenvalue weighted by atomic mass is 16.4. The fraction of sp³-hybridized carbons (Fsp3) is 0.231. The molecule has 19 heavy (non-hydrogen) atoms. The van der Waals surface area contributed by atoms with Gasteiger partial charge in [0.25, 0.3) is 5.91 Å². The lowest BCUT2D eigenvalue weighted by atomic mass is 10.1. The molecule has 6 nitrogen and oxygen atoms in total. The smallest absolute Gasteiger partial charge is 0.328 e. The van der Waals surface area contributed by atoms with Crippen molar-refractivity contribution in [2.75, 3.05) is 0 Å². The van der Waals surface area contributed by atoms with Crippen LogP contribution in [0.5, 0.6) is 0 Å². The SMILES string of the molecule is CC(O)C(NC(=O)c1c[nH]c2ccccc12)C(=O)O. The van der Waals surface area contributed by atoms with Crippen molar-refractivity contribution < 1.29 is 19.8 Å². The minimum Gasteiger partial charge on any atom is -0.480 e. The van der Waals surface area contributed by atoms with Gasteiger partial charge < -0.3 is 20.5 Å². The molecule has 100 valence electrons. The van der Waals surface area contributed by atoms with Crippen molar-refractivity contribution in [2.24, 2.45) is 0 Å². The Balaban J connectivity index is 2.27. The summed E-state index contributed by atoms with van der Waals surface area (Å²) < 4.78 is 0. The fourth-order valence-corrected chi connectivity index (χ4v) is 1.87. The van der Waals surface area contributed by atoms with Crippen molar-refractivity contribution in [3.63, 3.8) is 0 Å². The summed E-state index contributed by atoms with van der Waals surface area (Å²) in [4.78, 5) is 25.9. The second-order valence-corrected chi connectivity index (χ2v) is 4.28. The molecule has 1 aromatic carbocycles. The van der Waals surface area contributed by atoms with Crippen molar-refractivity contribution in [2.45, 2.75) is 19.1 Å². The monoisotopic (exact) mass is 262 g/mol. The number of nitrogens with one attached hydrogen (secondary N) is 2. The number of rotatable bonds is 4. The second-order valence-electron chi connectivity index (χ2n) is 4.28. The number of fused-ring (bicyclic) bond motifs is 1. The standard InChI is InChI=1S/C13H14N2O4/c1-7(16)11(13(18)19)15-12(17)9-6-14-10-5-3-2-4-8(9)10/h2-7,11,14,16H,1H3,(H,15,17)(H,18,19). The van der Waals surface area contributed by atoms with E-state index in [2.05, 4.69) is 10.3 Å². The van der Waals surface area contributed by atoms with Crippen LogP contribution in [0.25, 0.3) is 10.9 Å². The number of carbonyl (C=O) groups is 2. The summed E-state index contributed by atoms with van der Waals surface area (Å²) in [5.74, 6) is -1.81. The molecule has 0 saturated heterocycles. The third kappa shape index (κ3) is 2.58. The van der Waals surface area contributed by atoms with Crippen LogP contribution in [0, 0.1) is 0 Å². The zero-order chi connectivity index (χ0) is 14.0. The predicted octanol–water partition coefficient (Wildman–Crippen LogP) is 0.732. The molecule has 4 N–H and O–H groups in total. The number of para-hydroxylation sites is 1. The molecule has 0 aliphatic carbocycles. The lowest BCUT2D eigenvalue weighted by molar-refractivity contribution is -0.141. The van der Waals surface area contributed by atoms with E-state index >= 15 is 0 Å². The van der Waals surface area contributed by atoms with E-state index in [-0.39, 0.29) is 0 Å². The number of aliphatic carboxylic acids is 1. The zero-order valence-electron chi connectivity index (χ0n) is 10.3. The first-order chi connectivity index (χ1) is 9.00. The van der Waals surface area contributed by atoms with Gasteiger partial charge in [-0.1, -0.05) is 18.2 Å². The number of aliphatic hydroxyl groups is 1. The first-order valence-corrected chi connectivity index (χ1v) is 5.78. The summed E-state index contributed by atoms with van der Waals surface area (Å²) in [6.07, 6.45) is 0.340. The summed E-state index contributed by atoms with van der Waals surface area (Å²) in [7, 11) is 0. The van der Waals surface area contributed by atoms with E-state index in [9.17, 15) is 14.7 Å². The number of carbonyl (C=O) groups excluding carboxylic acids is 1. The highest BCUT2D eigenvalue weighted by Gasteiger charge is 2.26. The highest BCUT2D eigenvalue weighted by molar-refractivity contribution is 6.07. The van der Waals surface area contributed by atoms with Gasteiger partial charge in [0.15, 0.2) is 6.04 Å². The van der Waals surface area contributed by atoms with Gasteiger partial charge in [-0.25, -0.2) is 4.79 Å². The van der Waals surface area contributed by atoms with E-state index in [0.717, 1.165) is 5.52 Å². The minimum absolute atomic E-state index is 0.350. The number of carboxylic acids is 1. The first kappa shape index (κ1) is 13.1. The summed E-state index contributed by atoms with van der Waals surface area (Å²) in [6, 6.07) is 5.86. The van der Waals surface area contributed by atoms with Gasteiger partial charge in [-0.3, -0.25) is 4.79 Å². The molecule has 2 aromatic rings. The summed E-state index contributed by atoms with van der Waals surface area (Å²) in [5.41, 5.74) is 1.14. The number of aromatic nitrogens is 1. The van der Waals surface area contributed by atoms with Crippen LogP contribution in [-0.2, 0) is 4.79 Å². The van der Waals surface area contributed by atoms with Crippen LogP contribution in [0.4, 0.5) is 0 Å². The number of benzene rings is 1. The van der Waals surface area contributed by atoms with Crippen LogP contribution in [0.15, 0.2) is 30.5 Å². The normalized spacial score (nSPS) is 14.0. The Labute approximate surface area is 109 Å². The van der Waals surface area contributed by atoms with E-state index < -0.39 is 24.0 Å². The molecule has 0 spiro atoms. The molecule has 6 heteroatoms. The van der Waals surface area contributed by atoms with Crippen LogP contribution in [0.1, 0.15) is 17.3 Å². The van der Waals surface area contributed by atoms with E-state index in [1.807, 2.05) is 12.1 Å². The number of carboxylic acid groups (broad SMARTS) is 1. The van der Waals surface area contributed by atoms with E-state index in [1.165, 1.54) is 13.1 Å². The van der Waals surface area contributed by atoms with Gasteiger partial charge >= 0.3 is 5.97 Å². The Morgan fingerprint density at radius 1 is 1.32 bits per heavy atom. The zero-order valence-corrected chi connectivity index (χ0v) is 10.3. The maximum absolute atomic E-state index is 12.0. The minimum atomic E-state index is -1.33. The molecule has 1 heterocycles. The van der Waals surface area contributed by atoms with E-state index in [0.29, 0.717) is 10.9 Å².